The molecule has 1 aromatic heterocycles. The summed E-state index contributed by atoms with van der Waals surface area (Å²) < 4.78 is 6.40. The molecule has 2 aromatic carbocycles. The number of nitriles is 1. The summed E-state index contributed by atoms with van der Waals surface area (Å²) in [6.07, 6.45) is 4.66. The Balaban J connectivity index is 1.15. The molecule has 0 spiro atoms. The molecule has 1 N–H and O–H groups in total. The van der Waals surface area contributed by atoms with E-state index in [-0.39, 0.29) is 12.2 Å². The Morgan fingerprint density at radius 3 is 2.67 bits per heavy atom. The van der Waals surface area contributed by atoms with Crippen LogP contribution in [0.1, 0.15) is 23.6 Å². The second-order valence-electron chi connectivity index (χ2n) is 10.1. The number of morpholine rings is 1. The molecule has 2 atom stereocenters. The zero-order valence-electron chi connectivity index (χ0n) is 20.9. The maximum atomic E-state index is 9.49. The van der Waals surface area contributed by atoms with Crippen molar-refractivity contribution in [3.8, 4) is 6.07 Å². The number of piperazine rings is 1. The van der Waals surface area contributed by atoms with Crippen LogP contribution in [0.3, 0.4) is 0 Å². The van der Waals surface area contributed by atoms with Gasteiger partial charge in [-0.05, 0) is 48.7 Å². The van der Waals surface area contributed by atoms with E-state index in [2.05, 4.69) is 61.2 Å². The summed E-state index contributed by atoms with van der Waals surface area (Å²) >= 11 is 0. The first-order valence-electron chi connectivity index (χ1n) is 13.0. The second kappa shape index (κ2) is 10.0. The predicted octanol–water partition coefficient (Wildman–Crippen LogP) is 2.56. The minimum Gasteiger partial charge on any atom is -0.370 e. The lowest BCUT2D eigenvalue weighted by molar-refractivity contribution is -0.0339. The first kappa shape index (κ1) is 23.2. The van der Waals surface area contributed by atoms with Gasteiger partial charge in [0.1, 0.15) is 17.1 Å². The van der Waals surface area contributed by atoms with Gasteiger partial charge in [-0.25, -0.2) is 0 Å². The van der Waals surface area contributed by atoms with Crippen LogP contribution in [0.15, 0.2) is 42.7 Å². The van der Waals surface area contributed by atoms with Gasteiger partial charge in [0.15, 0.2) is 0 Å². The molecule has 3 aliphatic rings. The van der Waals surface area contributed by atoms with Gasteiger partial charge >= 0.3 is 0 Å². The molecule has 0 aliphatic carbocycles. The van der Waals surface area contributed by atoms with Crippen LogP contribution < -0.4 is 15.1 Å². The van der Waals surface area contributed by atoms with Gasteiger partial charge in [0.05, 0.1) is 23.5 Å². The number of ether oxygens (including phenoxy) is 1. The third-order valence-corrected chi connectivity index (χ3v) is 7.62. The van der Waals surface area contributed by atoms with E-state index in [1.54, 1.807) is 12.4 Å². The number of nitrogens with zero attached hydrogens (tertiary/aromatic N) is 6. The summed E-state index contributed by atoms with van der Waals surface area (Å²) in [6, 6.07) is 13.2. The molecule has 3 aliphatic heterocycles. The molecule has 4 heterocycles. The topological polar surface area (TPSA) is 80.6 Å². The lowest BCUT2D eigenvalue weighted by atomic mass is 9.98. The average Bonchev–Trinajstić information content (AvgIpc) is 2.92. The Labute approximate surface area is 212 Å². The molecule has 8 nitrogen and oxygen atoms in total. The summed E-state index contributed by atoms with van der Waals surface area (Å²) in [5, 5.41) is 12.9. The van der Waals surface area contributed by atoms with Crippen LogP contribution in [0.25, 0.3) is 11.0 Å². The summed E-state index contributed by atoms with van der Waals surface area (Å²) in [5.41, 5.74) is 7.34. The highest BCUT2D eigenvalue weighted by atomic mass is 16.5. The Hall–Kier alpha value is -3.25. The number of aromatic nitrogens is 2. The van der Waals surface area contributed by atoms with Crippen LogP contribution in [0.5, 0.6) is 0 Å². The van der Waals surface area contributed by atoms with Crippen molar-refractivity contribution in [3.63, 3.8) is 0 Å². The SMILES string of the molecule is C[C@@H]1CN(c2ccc(C#N)c3nccnc23)C[C@H](CN2CCc3cc(N4CCNCC4)ccc3C2)O1. The number of benzene rings is 2. The molecular formula is C28H33N7O. The summed E-state index contributed by atoms with van der Waals surface area (Å²) in [6.45, 7) is 10.9. The first-order chi connectivity index (χ1) is 17.7. The third-order valence-electron chi connectivity index (χ3n) is 7.62. The third kappa shape index (κ3) is 4.62. The lowest BCUT2D eigenvalue weighted by Crippen LogP contribution is -2.51. The van der Waals surface area contributed by atoms with Gasteiger partial charge in [0.25, 0.3) is 0 Å². The maximum Gasteiger partial charge on any atom is 0.113 e. The molecular weight excluding hydrogens is 450 g/mol. The average molecular weight is 484 g/mol. The summed E-state index contributed by atoms with van der Waals surface area (Å²) in [4.78, 5) is 16.4. The van der Waals surface area contributed by atoms with E-state index >= 15 is 0 Å². The highest BCUT2D eigenvalue weighted by Gasteiger charge is 2.30. The molecule has 8 heteroatoms. The number of hydrogen-bond donors (Lipinski definition) is 1. The molecule has 36 heavy (non-hydrogen) atoms. The van der Waals surface area contributed by atoms with Gasteiger partial charge in [0, 0.05) is 77.0 Å². The Bertz CT molecular complexity index is 1280. The van der Waals surface area contributed by atoms with Crippen molar-refractivity contribution >= 4 is 22.4 Å². The maximum absolute atomic E-state index is 9.49. The van der Waals surface area contributed by atoms with Gasteiger partial charge in [-0.1, -0.05) is 6.07 Å². The minimum absolute atomic E-state index is 0.109. The monoisotopic (exact) mass is 483 g/mol. The number of anilines is 2. The lowest BCUT2D eigenvalue weighted by Gasteiger charge is -2.41. The summed E-state index contributed by atoms with van der Waals surface area (Å²) in [7, 11) is 0. The molecule has 6 rings (SSSR count). The number of nitrogens with one attached hydrogen (secondary N) is 1. The van der Waals surface area contributed by atoms with E-state index in [1.807, 2.05) is 12.1 Å². The Kier molecular flexibility index (Phi) is 6.45. The first-order valence-corrected chi connectivity index (χ1v) is 13.0. The van der Waals surface area contributed by atoms with Crippen molar-refractivity contribution < 1.29 is 4.74 Å². The van der Waals surface area contributed by atoms with E-state index in [1.165, 1.54) is 16.8 Å². The standard InChI is InChI=1S/C28H33N7O/c1-20-16-35(26-5-3-22(15-29)27-28(26)32-8-7-31-27)19-25(36-20)18-33-11-6-21-14-24(4-2-23(21)17-33)34-12-9-30-10-13-34/h2-5,7-8,14,20,25,30H,6,9-13,16-19H2,1H3/t20-,25+/m1/s1. The van der Waals surface area contributed by atoms with Crippen molar-refractivity contribution in [2.45, 2.75) is 32.1 Å². The molecule has 0 bridgehead atoms. The van der Waals surface area contributed by atoms with Gasteiger partial charge in [-0.2, -0.15) is 5.26 Å². The number of fused-ring (bicyclic) bond motifs is 2. The number of hydrogen-bond acceptors (Lipinski definition) is 8. The van der Waals surface area contributed by atoms with Crippen LogP contribution in [0.4, 0.5) is 11.4 Å². The molecule has 0 radical (unpaired) electrons. The van der Waals surface area contributed by atoms with Crippen LogP contribution in [0.2, 0.25) is 0 Å². The van der Waals surface area contributed by atoms with Crippen LogP contribution in [0, 0.1) is 11.3 Å². The van der Waals surface area contributed by atoms with Crippen molar-refractivity contribution in [2.24, 2.45) is 0 Å². The zero-order valence-corrected chi connectivity index (χ0v) is 20.9. The van der Waals surface area contributed by atoms with Gasteiger partial charge in [0.2, 0.25) is 0 Å². The molecule has 0 unspecified atom stereocenters. The summed E-state index contributed by atoms with van der Waals surface area (Å²) in [5.74, 6) is 0. The van der Waals surface area contributed by atoms with E-state index in [0.717, 1.165) is 76.5 Å². The van der Waals surface area contributed by atoms with Gasteiger partial charge in [-0.3, -0.25) is 14.9 Å². The second-order valence-corrected chi connectivity index (χ2v) is 10.1. The smallest absolute Gasteiger partial charge is 0.113 e. The zero-order chi connectivity index (χ0) is 24.5. The minimum atomic E-state index is 0.109. The van der Waals surface area contributed by atoms with Crippen molar-refractivity contribution in [1.29, 1.82) is 5.26 Å². The predicted molar refractivity (Wildman–Crippen MR) is 141 cm³/mol. The normalized spacial score (nSPS) is 22.9. The Morgan fingerprint density at radius 1 is 1.00 bits per heavy atom. The van der Waals surface area contributed by atoms with Crippen LogP contribution >= 0.6 is 0 Å². The largest absolute Gasteiger partial charge is 0.370 e. The van der Waals surface area contributed by atoms with Gasteiger partial charge in [-0.15, -0.1) is 0 Å². The Morgan fingerprint density at radius 2 is 1.83 bits per heavy atom. The number of rotatable bonds is 4. The fourth-order valence-corrected chi connectivity index (χ4v) is 5.89. The molecule has 2 fully saturated rings. The van der Waals surface area contributed by atoms with Crippen molar-refractivity contribution in [2.75, 3.05) is 62.2 Å². The van der Waals surface area contributed by atoms with E-state index in [9.17, 15) is 5.26 Å². The van der Waals surface area contributed by atoms with Crippen LogP contribution in [-0.2, 0) is 17.7 Å². The fraction of sp³-hybridized carbons (Fsp3) is 0.464. The molecule has 186 valence electrons. The van der Waals surface area contributed by atoms with Crippen molar-refractivity contribution in [1.82, 2.24) is 20.2 Å². The fourth-order valence-electron chi connectivity index (χ4n) is 5.89. The van der Waals surface area contributed by atoms with Crippen LogP contribution in [-0.4, -0.2) is 79.4 Å². The van der Waals surface area contributed by atoms with E-state index < -0.39 is 0 Å². The molecule has 3 aromatic rings. The highest BCUT2D eigenvalue weighted by molar-refractivity contribution is 5.92. The van der Waals surface area contributed by atoms with E-state index in [0.29, 0.717) is 11.1 Å². The van der Waals surface area contributed by atoms with Gasteiger partial charge < -0.3 is 19.9 Å². The highest BCUT2D eigenvalue weighted by Crippen LogP contribution is 2.30. The molecule has 0 amide bonds. The molecule has 0 saturated carbocycles. The van der Waals surface area contributed by atoms with Crippen molar-refractivity contribution in [3.05, 3.63) is 59.4 Å². The quantitative estimate of drug-likeness (QED) is 0.607. The van der Waals surface area contributed by atoms with E-state index in [4.69, 9.17) is 4.74 Å². The molecule has 2 saturated heterocycles.